The van der Waals surface area contributed by atoms with Gasteiger partial charge in [0.05, 0.1) is 25.9 Å². The van der Waals surface area contributed by atoms with Gasteiger partial charge in [0.25, 0.3) is 0 Å². The molecule has 0 saturated carbocycles. The molecule has 0 N–H and O–H groups in total. The van der Waals surface area contributed by atoms with Crippen LogP contribution in [0.5, 0.6) is 0 Å². The predicted molar refractivity (Wildman–Crippen MR) is 68.5 cm³/mol. The maximum absolute atomic E-state index is 12.7. The van der Waals surface area contributed by atoms with Crippen LogP contribution in [0.4, 0.5) is 13.2 Å². The first-order valence-corrected chi connectivity index (χ1v) is 6.47. The molecule has 1 saturated heterocycles. The summed E-state index contributed by atoms with van der Waals surface area (Å²) in [6.45, 7) is 1.33. The molecule has 0 bridgehead atoms. The summed E-state index contributed by atoms with van der Waals surface area (Å²) >= 11 is 0. The summed E-state index contributed by atoms with van der Waals surface area (Å²) in [4.78, 5) is 13.4. The van der Waals surface area contributed by atoms with Gasteiger partial charge in [0.15, 0.2) is 0 Å². The quantitative estimate of drug-likeness (QED) is 0.802. The molecule has 0 aliphatic carbocycles. The van der Waals surface area contributed by atoms with Crippen LogP contribution >= 0.6 is 0 Å². The highest BCUT2D eigenvalue weighted by Gasteiger charge is 2.32. The highest BCUT2D eigenvalue weighted by Crippen LogP contribution is 2.30. The van der Waals surface area contributed by atoms with E-state index in [0.717, 1.165) is 12.1 Å². The number of hydrogen-bond acceptors (Lipinski definition) is 4. The fraction of sp³-hybridized carbons (Fsp3) is 0.500. The number of methoxy groups -OCH3 is 1. The molecule has 1 fully saturated rings. The molecule has 1 atom stereocenters. The van der Waals surface area contributed by atoms with Gasteiger partial charge < -0.3 is 9.47 Å². The molecule has 0 spiro atoms. The molecule has 21 heavy (non-hydrogen) atoms. The number of morpholine rings is 1. The molecule has 116 valence electrons. The number of carbonyl (C=O) groups is 1. The second-order valence-electron chi connectivity index (χ2n) is 4.78. The van der Waals surface area contributed by atoms with E-state index in [1.54, 1.807) is 11.0 Å². The molecule has 1 aromatic carbocycles. The van der Waals surface area contributed by atoms with Crippen molar-refractivity contribution in [3.63, 3.8) is 0 Å². The highest BCUT2D eigenvalue weighted by atomic mass is 19.4. The number of halogens is 3. The largest absolute Gasteiger partial charge is 0.468 e. The van der Waals surface area contributed by atoms with Crippen molar-refractivity contribution in [2.45, 2.75) is 18.8 Å². The number of ether oxygens (including phenoxy) is 2. The van der Waals surface area contributed by atoms with E-state index >= 15 is 0 Å². The summed E-state index contributed by atoms with van der Waals surface area (Å²) in [7, 11) is 1.28. The molecule has 0 amide bonds. The first kappa shape index (κ1) is 15.8. The maximum atomic E-state index is 12.7. The smallest absolute Gasteiger partial charge is 0.416 e. The number of carbonyl (C=O) groups excluding carboxylic acids is 1. The minimum Gasteiger partial charge on any atom is -0.468 e. The van der Waals surface area contributed by atoms with E-state index < -0.39 is 23.8 Å². The van der Waals surface area contributed by atoms with Crippen molar-refractivity contribution >= 4 is 5.97 Å². The van der Waals surface area contributed by atoms with Crippen LogP contribution in [0, 0.1) is 0 Å². The van der Waals surface area contributed by atoms with Gasteiger partial charge in [-0.15, -0.1) is 0 Å². The molecule has 2 rings (SSSR count). The van der Waals surface area contributed by atoms with Crippen LogP contribution < -0.4 is 0 Å². The van der Waals surface area contributed by atoms with Crippen LogP contribution in [0.15, 0.2) is 24.3 Å². The first-order chi connectivity index (χ1) is 9.91. The van der Waals surface area contributed by atoms with E-state index in [9.17, 15) is 18.0 Å². The minimum absolute atomic E-state index is 0.186. The summed E-state index contributed by atoms with van der Waals surface area (Å²) in [6.07, 6.45) is -4.37. The molecule has 1 aliphatic rings. The van der Waals surface area contributed by atoms with Gasteiger partial charge >= 0.3 is 12.1 Å². The lowest BCUT2D eigenvalue weighted by molar-refractivity contribution is -0.153. The van der Waals surface area contributed by atoms with Gasteiger partial charge in [-0.05, 0) is 11.6 Å². The summed E-state index contributed by atoms with van der Waals surface area (Å²) in [5, 5.41) is 0. The molecule has 1 aromatic rings. The molecule has 1 unspecified atom stereocenters. The number of benzene rings is 1. The van der Waals surface area contributed by atoms with Gasteiger partial charge in [-0.3, -0.25) is 9.69 Å². The van der Waals surface area contributed by atoms with Crippen molar-refractivity contribution in [3.05, 3.63) is 35.4 Å². The van der Waals surface area contributed by atoms with Crippen molar-refractivity contribution in [2.75, 3.05) is 26.9 Å². The Morgan fingerprint density at radius 1 is 1.48 bits per heavy atom. The van der Waals surface area contributed by atoms with Crippen LogP contribution in [0.25, 0.3) is 0 Å². The number of alkyl halides is 3. The van der Waals surface area contributed by atoms with Crippen molar-refractivity contribution in [3.8, 4) is 0 Å². The molecule has 7 heteroatoms. The Kier molecular flexibility index (Phi) is 4.84. The van der Waals surface area contributed by atoms with Crippen LogP contribution in [0.2, 0.25) is 0 Å². The Balaban J connectivity index is 2.14. The average molecular weight is 303 g/mol. The van der Waals surface area contributed by atoms with E-state index in [2.05, 4.69) is 0 Å². The topological polar surface area (TPSA) is 38.8 Å². The summed E-state index contributed by atoms with van der Waals surface area (Å²) in [5.41, 5.74) is -0.191. The van der Waals surface area contributed by atoms with E-state index in [1.165, 1.54) is 13.2 Å². The number of rotatable bonds is 3. The Bertz CT molecular complexity index is 504. The van der Waals surface area contributed by atoms with E-state index in [4.69, 9.17) is 9.47 Å². The predicted octanol–water partition coefficient (Wildman–Crippen LogP) is 2.08. The Hall–Kier alpha value is -1.60. The van der Waals surface area contributed by atoms with Crippen LogP contribution in [-0.2, 0) is 27.0 Å². The van der Waals surface area contributed by atoms with E-state index in [-0.39, 0.29) is 13.2 Å². The molecule has 4 nitrogen and oxygen atoms in total. The molecule has 1 heterocycles. The van der Waals surface area contributed by atoms with Crippen LogP contribution in [0.3, 0.4) is 0 Å². The van der Waals surface area contributed by atoms with Gasteiger partial charge in [0.2, 0.25) is 0 Å². The molecule has 0 aromatic heterocycles. The molecular weight excluding hydrogens is 287 g/mol. The lowest BCUT2D eigenvalue weighted by Crippen LogP contribution is -2.49. The monoisotopic (exact) mass is 303 g/mol. The molecular formula is C14H16F3NO3. The fourth-order valence-electron chi connectivity index (χ4n) is 2.26. The third-order valence-electron chi connectivity index (χ3n) is 3.35. The Morgan fingerprint density at radius 2 is 2.24 bits per heavy atom. The number of hydrogen-bond donors (Lipinski definition) is 0. The van der Waals surface area contributed by atoms with Gasteiger partial charge in [-0.1, -0.05) is 18.2 Å². The lowest BCUT2D eigenvalue weighted by Gasteiger charge is -2.33. The zero-order valence-electron chi connectivity index (χ0n) is 11.5. The van der Waals surface area contributed by atoms with Crippen LogP contribution in [0.1, 0.15) is 11.1 Å². The Labute approximate surface area is 120 Å². The third kappa shape index (κ3) is 3.95. The normalized spacial score (nSPS) is 20.3. The zero-order valence-corrected chi connectivity index (χ0v) is 11.5. The summed E-state index contributed by atoms with van der Waals surface area (Å²) < 4.78 is 48.0. The SMILES string of the molecule is COC(=O)C1COCCN1Cc1cccc(C(F)(F)F)c1. The zero-order chi connectivity index (χ0) is 15.5. The highest BCUT2D eigenvalue weighted by molar-refractivity contribution is 5.75. The summed E-state index contributed by atoms with van der Waals surface area (Å²) in [5.74, 6) is -0.443. The van der Waals surface area contributed by atoms with Gasteiger partial charge in [-0.2, -0.15) is 13.2 Å². The van der Waals surface area contributed by atoms with Crippen molar-refractivity contribution in [1.29, 1.82) is 0 Å². The minimum atomic E-state index is -4.37. The maximum Gasteiger partial charge on any atom is 0.416 e. The van der Waals surface area contributed by atoms with Gasteiger partial charge in [0.1, 0.15) is 6.04 Å². The second kappa shape index (κ2) is 6.44. The standard InChI is InChI=1S/C14H16F3NO3/c1-20-13(19)12-9-21-6-5-18(12)8-10-3-2-4-11(7-10)14(15,16)17/h2-4,7,12H,5-6,8-9H2,1H3. The molecule has 0 radical (unpaired) electrons. The third-order valence-corrected chi connectivity index (χ3v) is 3.35. The van der Waals surface area contributed by atoms with Gasteiger partial charge in [-0.25, -0.2) is 0 Å². The van der Waals surface area contributed by atoms with Crippen molar-refractivity contribution in [1.82, 2.24) is 4.90 Å². The van der Waals surface area contributed by atoms with Gasteiger partial charge in [0, 0.05) is 13.1 Å². The fourth-order valence-corrected chi connectivity index (χ4v) is 2.26. The van der Waals surface area contributed by atoms with Crippen molar-refractivity contribution in [2.24, 2.45) is 0 Å². The second-order valence-corrected chi connectivity index (χ2v) is 4.78. The number of nitrogens with zero attached hydrogens (tertiary/aromatic N) is 1. The number of esters is 1. The first-order valence-electron chi connectivity index (χ1n) is 6.47. The van der Waals surface area contributed by atoms with Crippen LogP contribution in [-0.4, -0.2) is 43.8 Å². The average Bonchev–Trinajstić information content (AvgIpc) is 2.46. The summed E-state index contributed by atoms with van der Waals surface area (Å²) in [6, 6.07) is 4.52. The molecule has 1 aliphatic heterocycles. The van der Waals surface area contributed by atoms with E-state index in [0.29, 0.717) is 18.7 Å². The lowest BCUT2D eigenvalue weighted by atomic mass is 10.1. The van der Waals surface area contributed by atoms with Crippen molar-refractivity contribution < 1.29 is 27.4 Å². The Morgan fingerprint density at radius 3 is 2.90 bits per heavy atom. The van der Waals surface area contributed by atoms with E-state index in [1.807, 2.05) is 0 Å².